The summed E-state index contributed by atoms with van der Waals surface area (Å²) in [6, 6.07) is 1.65. The van der Waals surface area contributed by atoms with Crippen molar-refractivity contribution in [3.63, 3.8) is 0 Å². The third-order valence-corrected chi connectivity index (χ3v) is 3.96. The quantitative estimate of drug-likeness (QED) is 0.499. The van der Waals surface area contributed by atoms with Crippen molar-refractivity contribution < 1.29 is 8.42 Å². The molecule has 0 bridgehead atoms. The number of nitrogens with zero attached hydrogens (tertiary/aromatic N) is 1. The first-order valence-electron chi connectivity index (χ1n) is 5.13. The fourth-order valence-electron chi connectivity index (χ4n) is 1.23. The van der Waals surface area contributed by atoms with Crippen LogP contribution in [0.3, 0.4) is 0 Å². The van der Waals surface area contributed by atoms with Crippen LogP contribution in [-0.4, -0.2) is 25.0 Å². The molecule has 0 unspecified atom stereocenters. The van der Waals surface area contributed by atoms with E-state index >= 15 is 0 Å². The molecule has 96 valence electrons. The smallest absolute Gasteiger partial charge is 0.232 e. The molecule has 1 rings (SSSR count). The topological polar surface area (TPSA) is 59.1 Å². The summed E-state index contributed by atoms with van der Waals surface area (Å²) in [4.78, 5) is 3.88. The van der Waals surface area contributed by atoms with Gasteiger partial charge in [-0.15, -0.1) is 11.6 Å². The highest BCUT2D eigenvalue weighted by Gasteiger charge is 2.12. The molecule has 17 heavy (non-hydrogen) atoms. The van der Waals surface area contributed by atoms with Gasteiger partial charge in [0.05, 0.1) is 11.4 Å². The molecule has 0 saturated carbocycles. The highest BCUT2D eigenvalue weighted by Crippen LogP contribution is 2.21. The Labute approximate surface area is 111 Å². The zero-order chi connectivity index (χ0) is 12.9. The van der Waals surface area contributed by atoms with Crippen LogP contribution in [0.2, 0.25) is 5.15 Å². The van der Waals surface area contributed by atoms with E-state index < -0.39 is 10.0 Å². The second-order valence-electron chi connectivity index (χ2n) is 3.67. The predicted octanol–water partition coefficient (Wildman–Crippen LogP) is 2.80. The largest absolute Gasteiger partial charge is 0.280 e. The first kappa shape index (κ1) is 14.5. The molecule has 0 aliphatic rings. The van der Waals surface area contributed by atoms with Gasteiger partial charge in [-0.2, -0.15) is 0 Å². The molecule has 0 aromatic carbocycles. The molecule has 0 aliphatic carbocycles. The van der Waals surface area contributed by atoms with Crippen LogP contribution in [0.5, 0.6) is 0 Å². The number of halogens is 2. The minimum absolute atomic E-state index is 0.0317. The molecule has 0 amide bonds. The van der Waals surface area contributed by atoms with Gasteiger partial charge >= 0.3 is 0 Å². The summed E-state index contributed by atoms with van der Waals surface area (Å²) in [7, 11) is -3.38. The highest BCUT2D eigenvalue weighted by molar-refractivity contribution is 7.92. The van der Waals surface area contributed by atoms with E-state index in [-0.39, 0.29) is 10.9 Å². The summed E-state index contributed by atoms with van der Waals surface area (Å²) < 4.78 is 25.8. The van der Waals surface area contributed by atoms with E-state index in [1.807, 2.05) is 6.92 Å². The van der Waals surface area contributed by atoms with E-state index in [9.17, 15) is 8.42 Å². The minimum Gasteiger partial charge on any atom is -0.280 e. The van der Waals surface area contributed by atoms with Crippen molar-refractivity contribution in [1.29, 1.82) is 0 Å². The number of nitrogens with one attached hydrogen (secondary N) is 1. The number of anilines is 1. The number of sulfonamides is 1. The molecule has 1 N–H and O–H groups in total. The number of aryl methyl sites for hydroxylation is 1. The van der Waals surface area contributed by atoms with Crippen molar-refractivity contribution in [1.82, 2.24) is 4.98 Å². The standard InChI is InChI=1S/C10H14Cl2N2O2S/c1-8-6-9(10(12)13-7-8)14-17(15,16)5-3-2-4-11/h6-7,14H,2-5H2,1H3. The van der Waals surface area contributed by atoms with Crippen LogP contribution in [0.25, 0.3) is 0 Å². The van der Waals surface area contributed by atoms with Gasteiger partial charge in [0.25, 0.3) is 0 Å². The van der Waals surface area contributed by atoms with Crippen LogP contribution in [0.1, 0.15) is 18.4 Å². The van der Waals surface area contributed by atoms with Gasteiger partial charge in [0, 0.05) is 12.1 Å². The lowest BCUT2D eigenvalue weighted by atomic mass is 10.3. The molecule has 7 heteroatoms. The maximum atomic E-state index is 11.7. The summed E-state index contributed by atoms with van der Waals surface area (Å²) in [6.45, 7) is 1.81. The van der Waals surface area contributed by atoms with Gasteiger partial charge in [0.1, 0.15) is 0 Å². The maximum Gasteiger partial charge on any atom is 0.232 e. The van der Waals surface area contributed by atoms with E-state index in [0.29, 0.717) is 24.4 Å². The second kappa shape index (κ2) is 6.42. The van der Waals surface area contributed by atoms with Crippen LogP contribution in [0.15, 0.2) is 12.3 Å². The molecule has 1 heterocycles. The van der Waals surface area contributed by atoms with Crippen molar-refractivity contribution in [2.75, 3.05) is 16.4 Å². The van der Waals surface area contributed by atoms with Gasteiger partial charge in [-0.3, -0.25) is 4.72 Å². The molecule has 0 fully saturated rings. The lowest BCUT2D eigenvalue weighted by molar-refractivity contribution is 0.598. The first-order chi connectivity index (χ1) is 7.94. The van der Waals surface area contributed by atoms with Crippen LogP contribution in [0.4, 0.5) is 5.69 Å². The summed E-state index contributed by atoms with van der Waals surface area (Å²) in [5, 5.41) is 0.150. The van der Waals surface area contributed by atoms with Crippen molar-refractivity contribution >= 4 is 38.9 Å². The predicted molar refractivity (Wildman–Crippen MR) is 71.3 cm³/mol. The van der Waals surface area contributed by atoms with Gasteiger partial charge in [-0.05, 0) is 31.4 Å². The van der Waals surface area contributed by atoms with Crippen LogP contribution >= 0.6 is 23.2 Å². The van der Waals surface area contributed by atoms with Crippen molar-refractivity contribution in [2.45, 2.75) is 19.8 Å². The number of hydrogen-bond donors (Lipinski definition) is 1. The molecule has 4 nitrogen and oxygen atoms in total. The molecule has 1 aromatic heterocycles. The molecule has 0 radical (unpaired) electrons. The van der Waals surface area contributed by atoms with Crippen molar-refractivity contribution in [3.8, 4) is 0 Å². The normalized spacial score (nSPS) is 11.5. The summed E-state index contributed by atoms with van der Waals surface area (Å²) in [5.74, 6) is 0.492. The maximum absolute atomic E-state index is 11.7. The third-order valence-electron chi connectivity index (χ3n) is 2.04. The minimum atomic E-state index is -3.38. The van der Waals surface area contributed by atoms with E-state index in [1.54, 1.807) is 12.3 Å². The number of aromatic nitrogens is 1. The molecule has 1 aromatic rings. The SMILES string of the molecule is Cc1cnc(Cl)c(NS(=O)(=O)CCCCCl)c1. The third kappa shape index (κ3) is 5.10. The van der Waals surface area contributed by atoms with E-state index in [1.165, 1.54) is 0 Å². The number of unbranched alkanes of at least 4 members (excludes halogenated alkanes) is 1. The number of alkyl halides is 1. The van der Waals surface area contributed by atoms with Crippen molar-refractivity contribution in [2.24, 2.45) is 0 Å². The molecule has 0 atom stereocenters. The molecular weight excluding hydrogens is 283 g/mol. The Morgan fingerprint density at radius 2 is 2.12 bits per heavy atom. The average molecular weight is 297 g/mol. The average Bonchev–Trinajstić information content (AvgIpc) is 2.23. The Balaban J connectivity index is 2.72. The number of pyridine rings is 1. The number of hydrogen-bond acceptors (Lipinski definition) is 3. The van der Waals surface area contributed by atoms with E-state index in [0.717, 1.165) is 5.56 Å². The lowest BCUT2D eigenvalue weighted by Crippen LogP contribution is -2.17. The summed E-state index contributed by atoms with van der Waals surface area (Å²) in [6.07, 6.45) is 2.77. The Hall–Kier alpha value is -0.520. The fourth-order valence-corrected chi connectivity index (χ4v) is 2.80. The van der Waals surface area contributed by atoms with Crippen LogP contribution < -0.4 is 4.72 Å². The molecule has 0 spiro atoms. The van der Waals surface area contributed by atoms with Gasteiger partial charge in [0.15, 0.2) is 5.15 Å². The van der Waals surface area contributed by atoms with Crippen molar-refractivity contribution in [3.05, 3.63) is 23.0 Å². The molecule has 0 saturated heterocycles. The molecular formula is C10H14Cl2N2O2S. The second-order valence-corrected chi connectivity index (χ2v) is 6.25. The summed E-state index contributed by atoms with van der Waals surface area (Å²) in [5.41, 5.74) is 1.16. The Kier molecular flexibility index (Phi) is 5.49. The van der Waals surface area contributed by atoms with Gasteiger partial charge in [-0.25, -0.2) is 13.4 Å². The van der Waals surface area contributed by atoms with E-state index in [4.69, 9.17) is 23.2 Å². The molecule has 0 aliphatic heterocycles. The zero-order valence-corrected chi connectivity index (χ0v) is 11.7. The Bertz CT molecular complexity index is 477. The lowest BCUT2D eigenvalue weighted by Gasteiger charge is -2.09. The van der Waals surface area contributed by atoms with Gasteiger partial charge in [-0.1, -0.05) is 11.6 Å². The first-order valence-corrected chi connectivity index (χ1v) is 7.69. The van der Waals surface area contributed by atoms with Gasteiger partial charge < -0.3 is 0 Å². The Morgan fingerprint density at radius 1 is 1.41 bits per heavy atom. The van der Waals surface area contributed by atoms with Gasteiger partial charge in [0.2, 0.25) is 10.0 Å². The zero-order valence-electron chi connectivity index (χ0n) is 9.41. The monoisotopic (exact) mass is 296 g/mol. The Morgan fingerprint density at radius 3 is 2.76 bits per heavy atom. The number of rotatable bonds is 6. The van der Waals surface area contributed by atoms with Crippen LogP contribution in [0, 0.1) is 6.92 Å². The van der Waals surface area contributed by atoms with E-state index in [2.05, 4.69) is 9.71 Å². The van der Waals surface area contributed by atoms with Crippen LogP contribution in [-0.2, 0) is 10.0 Å². The fraction of sp³-hybridized carbons (Fsp3) is 0.500. The highest BCUT2D eigenvalue weighted by atomic mass is 35.5. The summed E-state index contributed by atoms with van der Waals surface area (Å²) >= 11 is 11.3.